The van der Waals surface area contributed by atoms with Gasteiger partial charge in [-0.2, -0.15) is 11.8 Å². The van der Waals surface area contributed by atoms with Gasteiger partial charge in [-0.3, -0.25) is 0 Å². The lowest BCUT2D eigenvalue weighted by Crippen LogP contribution is -2.34. The molecule has 2 fully saturated rings. The summed E-state index contributed by atoms with van der Waals surface area (Å²) in [6, 6.07) is 19.0. The second-order valence-electron chi connectivity index (χ2n) is 6.34. The van der Waals surface area contributed by atoms with Crippen molar-refractivity contribution < 1.29 is 5.11 Å². The quantitative estimate of drug-likeness (QED) is 0.874. The summed E-state index contributed by atoms with van der Waals surface area (Å²) in [7, 11) is 0. The van der Waals surface area contributed by atoms with Crippen molar-refractivity contribution in [3.05, 3.63) is 60.2 Å². The van der Waals surface area contributed by atoms with Crippen LogP contribution in [0.1, 0.15) is 31.2 Å². The third kappa shape index (κ3) is 2.51. The summed E-state index contributed by atoms with van der Waals surface area (Å²) >= 11 is 2.09. The van der Waals surface area contributed by atoms with E-state index in [1.165, 1.54) is 24.0 Å². The predicted octanol–water partition coefficient (Wildman–Crippen LogP) is 4.60. The van der Waals surface area contributed by atoms with Crippen LogP contribution in [0.2, 0.25) is 0 Å². The lowest BCUT2D eigenvalue weighted by molar-refractivity contribution is 0.0196. The summed E-state index contributed by atoms with van der Waals surface area (Å²) in [5.74, 6) is 0. The van der Waals surface area contributed by atoms with E-state index in [-0.39, 0.29) is 0 Å². The van der Waals surface area contributed by atoms with Crippen molar-refractivity contribution in [2.45, 2.75) is 41.8 Å². The van der Waals surface area contributed by atoms with Gasteiger partial charge in [0.1, 0.15) is 0 Å². The molecule has 1 nitrogen and oxygen atoms in total. The number of rotatable bonds is 2. The molecule has 2 unspecified atom stereocenters. The van der Waals surface area contributed by atoms with Crippen LogP contribution in [0, 0.1) is 0 Å². The van der Waals surface area contributed by atoms with Crippen molar-refractivity contribution in [2.75, 3.05) is 0 Å². The summed E-state index contributed by atoms with van der Waals surface area (Å²) < 4.78 is 0. The molecule has 21 heavy (non-hydrogen) atoms. The summed E-state index contributed by atoms with van der Waals surface area (Å²) in [6.07, 6.45) is 4.39. The molecule has 0 radical (unpaired) electrons. The fourth-order valence-electron chi connectivity index (χ4n) is 3.76. The molecule has 2 heterocycles. The van der Waals surface area contributed by atoms with Crippen molar-refractivity contribution in [1.82, 2.24) is 0 Å². The van der Waals surface area contributed by atoms with E-state index in [9.17, 15) is 5.11 Å². The molecule has 2 saturated heterocycles. The molecule has 4 rings (SSSR count). The maximum atomic E-state index is 11.1. The smallest absolute Gasteiger partial charge is 0.0917 e. The van der Waals surface area contributed by atoms with Crippen LogP contribution in [0.4, 0.5) is 0 Å². The van der Waals surface area contributed by atoms with Gasteiger partial charge >= 0.3 is 0 Å². The van der Waals surface area contributed by atoms with E-state index in [1.54, 1.807) is 0 Å². The van der Waals surface area contributed by atoms with E-state index < -0.39 is 5.60 Å². The third-order valence-corrected chi connectivity index (χ3v) is 6.43. The van der Waals surface area contributed by atoms with E-state index in [1.807, 2.05) is 6.07 Å². The van der Waals surface area contributed by atoms with E-state index in [2.05, 4.69) is 60.3 Å². The van der Waals surface area contributed by atoms with Crippen molar-refractivity contribution in [2.24, 2.45) is 0 Å². The van der Waals surface area contributed by atoms with E-state index in [0.29, 0.717) is 10.5 Å². The first-order valence-electron chi connectivity index (χ1n) is 7.77. The first-order valence-corrected chi connectivity index (χ1v) is 8.71. The summed E-state index contributed by atoms with van der Waals surface area (Å²) in [5.41, 5.74) is 2.94. The lowest BCUT2D eigenvalue weighted by atomic mass is 9.85. The predicted molar refractivity (Wildman–Crippen MR) is 89.4 cm³/mol. The molecular formula is C19H20OS. The zero-order valence-electron chi connectivity index (χ0n) is 12.0. The Balaban J connectivity index is 1.62. The standard InChI is InChI=1S/C19H20OS/c20-19(12-17-10-11-18(13-19)21-17)16-8-6-15(7-9-16)14-4-2-1-3-5-14/h1-9,17-18,20H,10-13H2. The van der Waals surface area contributed by atoms with Crippen LogP contribution < -0.4 is 0 Å². The first-order chi connectivity index (χ1) is 10.2. The lowest BCUT2D eigenvalue weighted by Gasteiger charge is -2.36. The molecule has 2 heteroatoms. The van der Waals surface area contributed by atoms with Gasteiger partial charge in [0, 0.05) is 10.5 Å². The van der Waals surface area contributed by atoms with Crippen LogP contribution in [0.3, 0.4) is 0 Å². The fourth-order valence-corrected chi connectivity index (χ4v) is 5.59. The van der Waals surface area contributed by atoms with Crippen LogP contribution in [0.5, 0.6) is 0 Å². The molecule has 2 aliphatic rings. The van der Waals surface area contributed by atoms with E-state index in [0.717, 1.165) is 18.4 Å². The topological polar surface area (TPSA) is 20.2 Å². The maximum absolute atomic E-state index is 11.1. The Morgan fingerprint density at radius 2 is 1.38 bits per heavy atom. The molecule has 0 spiro atoms. The summed E-state index contributed by atoms with van der Waals surface area (Å²) in [4.78, 5) is 0. The third-order valence-electron chi connectivity index (χ3n) is 4.86. The zero-order valence-corrected chi connectivity index (χ0v) is 12.9. The van der Waals surface area contributed by atoms with Gasteiger partial charge in [-0.05, 0) is 42.4 Å². The minimum absolute atomic E-state index is 0.605. The SMILES string of the molecule is OC1(c2ccc(-c3ccccc3)cc2)CC2CCC(C1)S2. The summed E-state index contributed by atoms with van der Waals surface area (Å²) in [5, 5.41) is 12.4. The van der Waals surface area contributed by atoms with Crippen LogP contribution in [-0.2, 0) is 5.60 Å². The van der Waals surface area contributed by atoms with E-state index >= 15 is 0 Å². The van der Waals surface area contributed by atoms with Crippen molar-refractivity contribution >= 4 is 11.8 Å². The second kappa shape index (κ2) is 5.19. The van der Waals surface area contributed by atoms with Gasteiger partial charge in [-0.1, -0.05) is 54.6 Å². The second-order valence-corrected chi connectivity index (χ2v) is 7.95. The molecule has 108 valence electrons. The Hall–Kier alpha value is -1.25. The monoisotopic (exact) mass is 296 g/mol. The highest BCUT2D eigenvalue weighted by molar-refractivity contribution is 8.00. The highest BCUT2D eigenvalue weighted by Gasteiger charge is 2.44. The first kappa shape index (κ1) is 13.4. The Labute approximate surface area is 130 Å². The number of benzene rings is 2. The number of aliphatic hydroxyl groups is 1. The Morgan fingerprint density at radius 1 is 0.810 bits per heavy atom. The molecular weight excluding hydrogens is 276 g/mol. The van der Waals surface area contributed by atoms with Gasteiger partial charge in [-0.15, -0.1) is 0 Å². The average Bonchev–Trinajstić information content (AvgIpc) is 2.88. The molecule has 0 aliphatic carbocycles. The molecule has 0 amide bonds. The van der Waals surface area contributed by atoms with Gasteiger partial charge in [0.15, 0.2) is 0 Å². The number of hydrogen-bond acceptors (Lipinski definition) is 2. The van der Waals surface area contributed by atoms with Gasteiger partial charge in [0.05, 0.1) is 5.60 Å². The van der Waals surface area contributed by atoms with Gasteiger partial charge < -0.3 is 5.11 Å². The number of thioether (sulfide) groups is 1. The van der Waals surface area contributed by atoms with Gasteiger partial charge in [0.2, 0.25) is 0 Å². The minimum atomic E-state index is -0.605. The van der Waals surface area contributed by atoms with Crippen LogP contribution >= 0.6 is 11.8 Å². The van der Waals surface area contributed by atoms with Crippen LogP contribution in [-0.4, -0.2) is 15.6 Å². The van der Waals surface area contributed by atoms with Gasteiger partial charge in [-0.25, -0.2) is 0 Å². The van der Waals surface area contributed by atoms with Crippen molar-refractivity contribution in [3.63, 3.8) is 0 Å². The number of fused-ring (bicyclic) bond motifs is 2. The molecule has 2 aromatic carbocycles. The Kier molecular flexibility index (Phi) is 3.31. The molecule has 2 aromatic rings. The Bertz CT molecular complexity index is 608. The normalized spacial score (nSPS) is 31.3. The highest BCUT2D eigenvalue weighted by atomic mass is 32.2. The molecule has 2 atom stereocenters. The maximum Gasteiger partial charge on any atom is 0.0917 e. The zero-order chi connectivity index (χ0) is 14.3. The highest BCUT2D eigenvalue weighted by Crippen LogP contribution is 2.51. The molecule has 0 aromatic heterocycles. The minimum Gasteiger partial charge on any atom is -0.385 e. The Morgan fingerprint density at radius 3 is 2.00 bits per heavy atom. The summed E-state index contributed by atoms with van der Waals surface area (Å²) in [6.45, 7) is 0. The average molecular weight is 296 g/mol. The molecule has 1 N–H and O–H groups in total. The van der Waals surface area contributed by atoms with E-state index in [4.69, 9.17) is 0 Å². The van der Waals surface area contributed by atoms with Crippen LogP contribution in [0.25, 0.3) is 11.1 Å². The fraction of sp³-hybridized carbons (Fsp3) is 0.368. The molecule has 2 bridgehead atoms. The van der Waals surface area contributed by atoms with Gasteiger partial charge in [0.25, 0.3) is 0 Å². The number of hydrogen-bond donors (Lipinski definition) is 1. The van der Waals surface area contributed by atoms with Crippen LogP contribution in [0.15, 0.2) is 54.6 Å². The molecule has 0 saturated carbocycles. The van der Waals surface area contributed by atoms with Crippen molar-refractivity contribution in [3.8, 4) is 11.1 Å². The van der Waals surface area contributed by atoms with Crippen molar-refractivity contribution in [1.29, 1.82) is 0 Å². The largest absolute Gasteiger partial charge is 0.385 e. The molecule has 2 aliphatic heterocycles.